The number of aliphatic carboxylic acids is 1. The third kappa shape index (κ3) is 4.87. The summed E-state index contributed by atoms with van der Waals surface area (Å²) in [4.78, 5) is 45.0. The summed E-state index contributed by atoms with van der Waals surface area (Å²) < 4.78 is 0. The molecule has 1 aliphatic rings. The van der Waals surface area contributed by atoms with Gasteiger partial charge in [-0.15, -0.1) is 11.8 Å². The molecule has 3 amide bonds. The first-order valence-electron chi connectivity index (χ1n) is 5.50. The van der Waals surface area contributed by atoms with E-state index < -0.39 is 23.9 Å². The van der Waals surface area contributed by atoms with Crippen molar-refractivity contribution in [3.05, 3.63) is 0 Å². The van der Waals surface area contributed by atoms with E-state index in [-0.39, 0.29) is 36.9 Å². The third-order valence-electron chi connectivity index (χ3n) is 2.34. The summed E-state index contributed by atoms with van der Waals surface area (Å²) >= 11 is 0.955. The van der Waals surface area contributed by atoms with Crippen molar-refractivity contribution in [3.63, 3.8) is 0 Å². The van der Waals surface area contributed by atoms with Crippen LogP contribution in [0.15, 0.2) is 0 Å². The van der Waals surface area contributed by atoms with Gasteiger partial charge >= 0.3 is 5.97 Å². The summed E-state index contributed by atoms with van der Waals surface area (Å²) in [5, 5.41) is 20.0. The molecule has 0 aromatic carbocycles. The van der Waals surface area contributed by atoms with Crippen molar-refractivity contribution >= 4 is 35.5 Å². The van der Waals surface area contributed by atoms with Gasteiger partial charge in [0, 0.05) is 13.1 Å². The molecule has 0 aliphatic carbocycles. The molecule has 19 heavy (non-hydrogen) atoms. The summed E-state index contributed by atoms with van der Waals surface area (Å²) in [5.41, 5.74) is 0. The fourth-order valence-corrected chi connectivity index (χ4v) is 2.05. The van der Waals surface area contributed by atoms with Crippen LogP contribution in [0.3, 0.4) is 0 Å². The fraction of sp³-hybridized carbons (Fsp3) is 0.600. The second-order valence-corrected chi connectivity index (χ2v) is 4.83. The topological polar surface area (TPSA) is 124 Å². The fourth-order valence-electron chi connectivity index (χ4n) is 1.49. The van der Waals surface area contributed by atoms with Gasteiger partial charge in [-0.1, -0.05) is 0 Å². The van der Waals surface area contributed by atoms with E-state index in [1.54, 1.807) is 0 Å². The zero-order chi connectivity index (χ0) is 14.4. The Morgan fingerprint density at radius 1 is 1.37 bits per heavy atom. The SMILES string of the molecule is O=C(O)CSCC(=O)NCCN1C(=O)C[C@H](O)C1=O. The number of imide groups is 1. The number of nitrogens with one attached hydrogen (secondary N) is 1. The highest BCUT2D eigenvalue weighted by atomic mass is 32.2. The number of nitrogens with zero attached hydrogens (tertiary/aromatic N) is 1. The van der Waals surface area contributed by atoms with Gasteiger partial charge in [0.1, 0.15) is 6.10 Å². The van der Waals surface area contributed by atoms with Gasteiger partial charge in [-0.2, -0.15) is 0 Å². The highest BCUT2D eigenvalue weighted by molar-refractivity contribution is 8.00. The molecule has 0 aromatic heterocycles. The molecule has 106 valence electrons. The Morgan fingerprint density at radius 3 is 2.58 bits per heavy atom. The van der Waals surface area contributed by atoms with Crippen LogP contribution in [0.2, 0.25) is 0 Å². The predicted octanol–water partition coefficient (Wildman–Crippen LogP) is -1.96. The molecule has 0 aromatic rings. The maximum Gasteiger partial charge on any atom is 0.313 e. The second-order valence-electron chi connectivity index (χ2n) is 3.84. The molecular formula is C10H14N2O6S. The van der Waals surface area contributed by atoms with E-state index in [2.05, 4.69) is 5.32 Å². The molecule has 1 saturated heterocycles. The monoisotopic (exact) mass is 290 g/mol. The molecular weight excluding hydrogens is 276 g/mol. The predicted molar refractivity (Wildman–Crippen MR) is 65.3 cm³/mol. The maximum atomic E-state index is 11.3. The Kier molecular flexibility index (Phi) is 5.77. The van der Waals surface area contributed by atoms with Crippen molar-refractivity contribution in [3.8, 4) is 0 Å². The number of carbonyl (C=O) groups is 4. The highest BCUT2D eigenvalue weighted by Crippen LogP contribution is 2.11. The first-order valence-corrected chi connectivity index (χ1v) is 6.65. The molecule has 0 spiro atoms. The molecule has 0 bridgehead atoms. The van der Waals surface area contributed by atoms with Crippen LogP contribution in [-0.2, 0) is 19.2 Å². The number of hydrogen-bond donors (Lipinski definition) is 3. The Labute approximate surface area is 113 Å². The van der Waals surface area contributed by atoms with E-state index >= 15 is 0 Å². The van der Waals surface area contributed by atoms with Gasteiger partial charge in [-0.05, 0) is 0 Å². The van der Waals surface area contributed by atoms with Crippen LogP contribution in [-0.4, -0.2) is 69.5 Å². The van der Waals surface area contributed by atoms with Crippen LogP contribution < -0.4 is 5.32 Å². The Hall–Kier alpha value is -1.61. The maximum absolute atomic E-state index is 11.3. The second kappa shape index (κ2) is 7.10. The summed E-state index contributed by atoms with van der Waals surface area (Å²) in [6.45, 7) is 0.0841. The smallest absolute Gasteiger partial charge is 0.313 e. The number of carboxylic acids is 1. The first kappa shape index (κ1) is 15.4. The zero-order valence-electron chi connectivity index (χ0n) is 10.00. The van der Waals surface area contributed by atoms with E-state index in [9.17, 15) is 19.2 Å². The Bertz CT molecular complexity index is 399. The molecule has 1 fully saturated rings. The average molecular weight is 290 g/mol. The minimum absolute atomic E-state index is 0.00316. The molecule has 0 saturated carbocycles. The third-order valence-corrected chi connectivity index (χ3v) is 3.25. The standard InChI is InChI=1S/C10H14N2O6S/c13-6-3-8(15)12(10(6)18)2-1-11-7(14)4-19-5-9(16)17/h6,13H,1-5H2,(H,11,14)(H,16,17)/t6-/m0/s1. The van der Waals surface area contributed by atoms with Crippen molar-refractivity contribution in [2.75, 3.05) is 24.6 Å². The van der Waals surface area contributed by atoms with E-state index in [4.69, 9.17) is 10.2 Å². The van der Waals surface area contributed by atoms with E-state index in [1.807, 2.05) is 0 Å². The van der Waals surface area contributed by atoms with E-state index in [0.717, 1.165) is 16.7 Å². The number of carboxylic acid groups (broad SMARTS) is 1. The lowest BCUT2D eigenvalue weighted by atomic mass is 10.3. The number of likely N-dealkylation sites (tertiary alicyclic amines) is 1. The molecule has 1 heterocycles. The number of amides is 3. The Balaban J connectivity index is 2.20. The molecule has 8 nitrogen and oxygen atoms in total. The van der Waals surface area contributed by atoms with Crippen LogP contribution in [0.25, 0.3) is 0 Å². The lowest BCUT2D eigenvalue weighted by Gasteiger charge is -2.14. The van der Waals surface area contributed by atoms with Crippen LogP contribution in [0.5, 0.6) is 0 Å². The van der Waals surface area contributed by atoms with Crippen LogP contribution in [0.1, 0.15) is 6.42 Å². The highest BCUT2D eigenvalue weighted by Gasteiger charge is 2.36. The van der Waals surface area contributed by atoms with Crippen molar-refractivity contribution in [2.24, 2.45) is 0 Å². The van der Waals surface area contributed by atoms with Crippen molar-refractivity contribution in [1.82, 2.24) is 10.2 Å². The molecule has 9 heteroatoms. The minimum atomic E-state index is -1.28. The number of aliphatic hydroxyl groups is 1. The van der Waals surface area contributed by atoms with Gasteiger partial charge in [-0.3, -0.25) is 24.1 Å². The molecule has 0 unspecified atom stereocenters. The van der Waals surface area contributed by atoms with Crippen LogP contribution in [0, 0.1) is 0 Å². The normalized spacial score (nSPS) is 18.8. The molecule has 3 N–H and O–H groups in total. The van der Waals surface area contributed by atoms with Gasteiger partial charge in [-0.25, -0.2) is 0 Å². The largest absolute Gasteiger partial charge is 0.481 e. The first-order chi connectivity index (χ1) is 8.91. The summed E-state index contributed by atoms with van der Waals surface area (Å²) in [6, 6.07) is 0. The van der Waals surface area contributed by atoms with Crippen LogP contribution in [0.4, 0.5) is 0 Å². The molecule has 0 radical (unpaired) electrons. The summed E-state index contributed by atoms with van der Waals surface area (Å²) in [7, 11) is 0. The number of hydrogen-bond acceptors (Lipinski definition) is 6. The lowest BCUT2D eigenvalue weighted by molar-refractivity contribution is -0.141. The van der Waals surface area contributed by atoms with Gasteiger partial charge in [0.2, 0.25) is 11.8 Å². The Morgan fingerprint density at radius 2 is 2.05 bits per heavy atom. The molecule has 1 atom stereocenters. The van der Waals surface area contributed by atoms with Crippen molar-refractivity contribution in [1.29, 1.82) is 0 Å². The number of rotatable bonds is 7. The number of carbonyl (C=O) groups excluding carboxylic acids is 3. The quantitative estimate of drug-likeness (QED) is 0.465. The van der Waals surface area contributed by atoms with Crippen LogP contribution >= 0.6 is 11.8 Å². The van der Waals surface area contributed by atoms with Gasteiger partial charge in [0.25, 0.3) is 5.91 Å². The minimum Gasteiger partial charge on any atom is -0.481 e. The van der Waals surface area contributed by atoms with Gasteiger partial charge in [0.15, 0.2) is 0 Å². The van der Waals surface area contributed by atoms with Crippen molar-refractivity contribution < 1.29 is 29.4 Å². The van der Waals surface area contributed by atoms with Gasteiger partial charge < -0.3 is 15.5 Å². The number of thioether (sulfide) groups is 1. The zero-order valence-corrected chi connectivity index (χ0v) is 10.8. The van der Waals surface area contributed by atoms with E-state index in [0.29, 0.717) is 0 Å². The van der Waals surface area contributed by atoms with Gasteiger partial charge in [0.05, 0.1) is 17.9 Å². The number of aliphatic hydroxyl groups excluding tert-OH is 1. The molecule has 1 aliphatic heterocycles. The summed E-state index contributed by atoms with van der Waals surface area (Å²) in [6.07, 6.45) is -1.50. The van der Waals surface area contributed by atoms with Crippen molar-refractivity contribution in [2.45, 2.75) is 12.5 Å². The summed E-state index contributed by atoms with van der Waals surface area (Å²) in [5.74, 6) is -2.66. The molecule has 1 rings (SSSR count). The van der Waals surface area contributed by atoms with E-state index in [1.165, 1.54) is 0 Å². The lowest BCUT2D eigenvalue weighted by Crippen LogP contribution is -2.39. The average Bonchev–Trinajstić information content (AvgIpc) is 2.55.